The minimum atomic E-state index is 0.224. The highest BCUT2D eigenvalue weighted by Gasteiger charge is 2.36. The number of benzene rings is 2. The van der Waals surface area contributed by atoms with Crippen LogP contribution in [-0.2, 0) is 11.2 Å². The molecule has 1 aliphatic carbocycles. The average Bonchev–Trinajstić information content (AvgIpc) is 2.86. The third-order valence-corrected chi connectivity index (χ3v) is 8.49. The molecule has 1 atom stereocenters. The summed E-state index contributed by atoms with van der Waals surface area (Å²) in [4.78, 5) is 18.7. The summed E-state index contributed by atoms with van der Waals surface area (Å²) < 4.78 is 0. The molecular weight excluding hydrogens is 404 g/mol. The van der Waals surface area contributed by atoms with E-state index < -0.39 is 0 Å². The zero-order valence-electron chi connectivity index (χ0n) is 20.6. The van der Waals surface area contributed by atoms with Gasteiger partial charge in [0.15, 0.2) is 0 Å². The summed E-state index contributed by atoms with van der Waals surface area (Å²) >= 11 is 0. The summed E-state index contributed by atoms with van der Waals surface area (Å²) in [6.45, 7) is 7.77. The van der Waals surface area contributed by atoms with Crippen LogP contribution in [0.4, 0.5) is 5.69 Å². The van der Waals surface area contributed by atoms with Crippen molar-refractivity contribution in [2.75, 3.05) is 24.5 Å². The summed E-state index contributed by atoms with van der Waals surface area (Å²) in [5.41, 5.74) is 6.90. The van der Waals surface area contributed by atoms with Crippen LogP contribution in [0, 0.1) is 19.8 Å². The number of rotatable bonds is 4. The van der Waals surface area contributed by atoms with Gasteiger partial charge in [-0.1, -0.05) is 61.2 Å². The molecular formula is C30H40N2O. The van der Waals surface area contributed by atoms with Gasteiger partial charge in [-0.25, -0.2) is 0 Å². The van der Waals surface area contributed by atoms with Crippen molar-refractivity contribution in [3.05, 3.63) is 64.7 Å². The first kappa shape index (κ1) is 22.7. The largest absolute Gasteiger partial charge is 0.308 e. The van der Waals surface area contributed by atoms with E-state index in [1.807, 2.05) is 0 Å². The van der Waals surface area contributed by atoms with E-state index in [2.05, 4.69) is 66.1 Å². The molecule has 1 saturated heterocycles. The number of likely N-dealkylation sites (tertiary alicyclic amines) is 1. The number of anilines is 1. The van der Waals surface area contributed by atoms with Crippen molar-refractivity contribution >= 4 is 11.6 Å². The van der Waals surface area contributed by atoms with Crippen LogP contribution in [0.1, 0.15) is 79.5 Å². The van der Waals surface area contributed by atoms with Gasteiger partial charge in [0, 0.05) is 24.2 Å². The molecule has 33 heavy (non-hydrogen) atoms. The average molecular weight is 445 g/mol. The molecule has 0 radical (unpaired) electrons. The predicted octanol–water partition coefficient (Wildman–Crippen LogP) is 6.41. The summed E-state index contributed by atoms with van der Waals surface area (Å²) in [5, 5.41) is 0. The molecule has 1 unspecified atom stereocenters. The molecule has 3 aliphatic rings. The lowest BCUT2D eigenvalue weighted by molar-refractivity contribution is -0.124. The van der Waals surface area contributed by atoms with Crippen molar-refractivity contribution in [1.29, 1.82) is 0 Å². The van der Waals surface area contributed by atoms with Gasteiger partial charge in [-0.3, -0.25) is 4.79 Å². The smallest absolute Gasteiger partial charge is 0.230 e. The SMILES string of the molecule is Cc1ccc(C)c(C2CCN(CC3CCc4ccccc4N3C(=O)C3CCCCC3)CC2)c1. The second kappa shape index (κ2) is 10.0. The maximum atomic E-state index is 13.8. The summed E-state index contributed by atoms with van der Waals surface area (Å²) in [5.74, 6) is 1.30. The van der Waals surface area contributed by atoms with Gasteiger partial charge in [0.05, 0.1) is 0 Å². The normalized spacial score (nSPS) is 22.8. The number of fused-ring (bicyclic) bond motifs is 1. The van der Waals surface area contributed by atoms with E-state index in [1.165, 1.54) is 54.5 Å². The molecule has 2 aromatic rings. The zero-order chi connectivity index (χ0) is 22.8. The van der Waals surface area contributed by atoms with E-state index in [0.717, 1.165) is 45.3 Å². The number of hydrogen-bond donors (Lipinski definition) is 0. The van der Waals surface area contributed by atoms with Gasteiger partial charge in [0.1, 0.15) is 0 Å². The Bertz CT molecular complexity index is 969. The Hall–Kier alpha value is -2.13. The molecule has 0 spiro atoms. The highest BCUT2D eigenvalue weighted by atomic mass is 16.2. The number of carbonyl (C=O) groups excluding carboxylic acids is 1. The molecule has 176 valence electrons. The van der Waals surface area contributed by atoms with E-state index in [4.69, 9.17) is 0 Å². The van der Waals surface area contributed by atoms with E-state index in [-0.39, 0.29) is 5.92 Å². The molecule has 2 aliphatic heterocycles. The summed E-state index contributed by atoms with van der Waals surface area (Å²) in [6.07, 6.45) is 10.5. The van der Waals surface area contributed by atoms with Crippen LogP contribution in [0.25, 0.3) is 0 Å². The molecule has 2 fully saturated rings. The van der Waals surface area contributed by atoms with Crippen molar-refractivity contribution in [3.8, 4) is 0 Å². The van der Waals surface area contributed by atoms with Crippen molar-refractivity contribution in [1.82, 2.24) is 4.90 Å². The van der Waals surface area contributed by atoms with E-state index >= 15 is 0 Å². The molecule has 5 rings (SSSR count). The maximum Gasteiger partial charge on any atom is 0.230 e. The minimum absolute atomic E-state index is 0.224. The number of carbonyl (C=O) groups is 1. The number of piperidine rings is 1. The molecule has 2 aromatic carbocycles. The minimum Gasteiger partial charge on any atom is -0.308 e. The fraction of sp³-hybridized carbons (Fsp3) is 0.567. The second-order valence-corrected chi connectivity index (χ2v) is 10.8. The lowest BCUT2D eigenvalue weighted by Crippen LogP contribution is -2.52. The van der Waals surface area contributed by atoms with E-state index in [0.29, 0.717) is 17.9 Å². The molecule has 3 heteroatoms. The maximum absolute atomic E-state index is 13.8. The number of hydrogen-bond acceptors (Lipinski definition) is 2. The molecule has 0 aromatic heterocycles. The van der Waals surface area contributed by atoms with Gasteiger partial charge >= 0.3 is 0 Å². The first-order valence-electron chi connectivity index (χ1n) is 13.3. The molecule has 0 bridgehead atoms. The topological polar surface area (TPSA) is 23.6 Å². The number of aryl methyl sites for hydroxylation is 3. The number of para-hydroxylation sites is 1. The molecule has 3 nitrogen and oxygen atoms in total. The lowest BCUT2D eigenvalue weighted by atomic mass is 9.85. The highest BCUT2D eigenvalue weighted by molar-refractivity contribution is 5.97. The molecule has 0 N–H and O–H groups in total. The summed E-state index contributed by atoms with van der Waals surface area (Å²) in [7, 11) is 0. The van der Waals surface area contributed by atoms with Crippen LogP contribution in [0.3, 0.4) is 0 Å². The first-order chi connectivity index (χ1) is 16.1. The van der Waals surface area contributed by atoms with Crippen LogP contribution >= 0.6 is 0 Å². The number of nitrogens with zero attached hydrogens (tertiary/aromatic N) is 2. The van der Waals surface area contributed by atoms with Crippen molar-refractivity contribution in [3.63, 3.8) is 0 Å². The Morgan fingerprint density at radius 3 is 2.45 bits per heavy atom. The Kier molecular flexibility index (Phi) is 6.87. The van der Waals surface area contributed by atoms with E-state index in [1.54, 1.807) is 5.56 Å². The molecule has 2 heterocycles. The van der Waals surface area contributed by atoms with E-state index in [9.17, 15) is 4.79 Å². The van der Waals surface area contributed by atoms with Crippen LogP contribution in [0.15, 0.2) is 42.5 Å². The van der Waals surface area contributed by atoms with Gasteiger partial charge in [-0.2, -0.15) is 0 Å². The van der Waals surface area contributed by atoms with Gasteiger partial charge in [-0.05, 0) is 94.1 Å². The van der Waals surface area contributed by atoms with Crippen molar-refractivity contribution in [2.45, 2.75) is 83.6 Å². The van der Waals surface area contributed by atoms with Gasteiger partial charge in [-0.15, -0.1) is 0 Å². The van der Waals surface area contributed by atoms with Crippen LogP contribution in [0.2, 0.25) is 0 Å². The Balaban J connectivity index is 1.29. The lowest BCUT2D eigenvalue weighted by Gasteiger charge is -2.43. The second-order valence-electron chi connectivity index (χ2n) is 10.8. The zero-order valence-corrected chi connectivity index (χ0v) is 20.6. The van der Waals surface area contributed by atoms with Gasteiger partial charge < -0.3 is 9.80 Å². The number of amides is 1. The monoisotopic (exact) mass is 444 g/mol. The predicted molar refractivity (Wildman–Crippen MR) is 137 cm³/mol. The van der Waals surface area contributed by atoms with Gasteiger partial charge in [0.25, 0.3) is 0 Å². The quantitative estimate of drug-likeness (QED) is 0.544. The Morgan fingerprint density at radius 2 is 1.67 bits per heavy atom. The third-order valence-electron chi connectivity index (χ3n) is 8.49. The standard InChI is InChI=1S/C30H40N2O/c1-22-12-13-23(2)28(20-22)24-16-18-31(19-17-24)21-27-15-14-25-8-6-7-11-29(25)32(27)30(33)26-9-4-3-5-10-26/h6-8,11-13,20,24,26-27H,3-5,9-10,14-19,21H2,1-2H3. The Labute approximate surface area is 200 Å². The summed E-state index contributed by atoms with van der Waals surface area (Å²) in [6, 6.07) is 15.9. The van der Waals surface area contributed by atoms with Crippen LogP contribution < -0.4 is 4.90 Å². The fourth-order valence-electron chi connectivity index (χ4n) is 6.55. The fourth-order valence-corrected chi connectivity index (χ4v) is 6.55. The van der Waals surface area contributed by atoms with Crippen molar-refractivity contribution in [2.24, 2.45) is 5.92 Å². The molecule has 1 amide bonds. The van der Waals surface area contributed by atoms with Gasteiger partial charge in [0.2, 0.25) is 5.91 Å². The Morgan fingerprint density at radius 1 is 0.909 bits per heavy atom. The molecule has 1 saturated carbocycles. The van der Waals surface area contributed by atoms with Crippen LogP contribution in [0.5, 0.6) is 0 Å². The van der Waals surface area contributed by atoms with Crippen molar-refractivity contribution < 1.29 is 4.79 Å². The highest BCUT2D eigenvalue weighted by Crippen LogP contribution is 2.36. The van der Waals surface area contributed by atoms with Crippen LogP contribution in [-0.4, -0.2) is 36.5 Å². The first-order valence-corrected chi connectivity index (χ1v) is 13.3. The third kappa shape index (κ3) is 4.89.